The van der Waals surface area contributed by atoms with E-state index in [0.29, 0.717) is 12.4 Å². The molecule has 0 unspecified atom stereocenters. The summed E-state index contributed by atoms with van der Waals surface area (Å²) in [5.74, 6) is 1.46. The Hall–Kier alpha value is -3.74. The number of carbonyl (C=O) groups is 1. The van der Waals surface area contributed by atoms with E-state index in [1.807, 2.05) is 54.5 Å². The van der Waals surface area contributed by atoms with Crippen LogP contribution in [0.15, 0.2) is 61.1 Å². The zero-order valence-corrected chi connectivity index (χ0v) is 16.7. The number of rotatable bonds is 6. The summed E-state index contributed by atoms with van der Waals surface area (Å²) in [7, 11) is 1.83. The third-order valence-corrected chi connectivity index (χ3v) is 5.31. The highest BCUT2D eigenvalue weighted by atomic mass is 16.2. The van der Waals surface area contributed by atoms with E-state index in [1.54, 1.807) is 6.20 Å². The second kappa shape index (κ2) is 7.59. The molecule has 1 saturated carbocycles. The normalized spacial score (nSPS) is 13.4. The number of amides is 1. The standard InChI is InChI=1S/C23H22N6O/c1-24-22-19-13-25-21(27-23(30)16-7-8-16)11-17(19)18(12-26-22)20-9-10-29(28-20)14-15-5-3-2-4-6-15/h2-6,9-13,16H,7-8,14H2,1H3,(H,24,26)(H,25,27,30). The van der Waals surface area contributed by atoms with Crippen LogP contribution in [0.25, 0.3) is 22.0 Å². The zero-order chi connectivity index (χ0) is 20.5. The number of fused-ring (bicyclic) bond motifs is 1. The first-order valence-electron chi connectivity index (χ1n) is 10.1. The summed E-state index contributed by atoms with van der Waals surface area (Å²) in [6.45, 7) is 0.699. The van der Waals surface area contributed by atoms with Gasteiger partial charge in [0, 0.05) is 47.9 Å². The van der Waals surface area contributed by atoms with Crippen LogP contribution in [0.3, 0.4) is 0 Å². The van der Waals surface area contributed by atoms with Crippen LogP contribution in [0.1, 0.15) is 18.4 Å². The molecule has 7 heteroatoms. The van der Waals surface area contributed by atoms with E-state index in [0.717, 1.165) is 40.7 Å². The first-order valence-corrected chi connectivity index (χ1v) is 10.1. The van der Waals surface area contributed by atoms with Crippen molar-refractivity contribution in [1.82, 2.24) is 19.7 Å². The zero-order valence-electron chi connectivity index (χ0n) is 16.7. The van der Waals surface area contributed by atoms with E-state index in [9.17, 15) is 4.79 Å². The van der Waals surface area contributed by atoms with E-state index in [-0.39, 0.29) is 11.8 Å². The molecule has 4 aromatic rings. The number of hydrogen-bond acceptors (Lipinski definition) is 5. The summed E-state index contributed by atoms with van der Waals surface area (Å²) in [4.78, 5) is 21.1. The first kappa shape index (κ1) is 18.3. The third-order valence-electron chi connectivity index (χ3n) is 5.31. The van der Waals surface area contributed by atoms with Gasteiger partial charge in [-0.15, -0.1) is 0 Å². The lowest BCUT2D eigenvalue weighted by Gasteiger charge is -2.11. The van der Waals surface area contributed by atoms with Crippen molar-refractivity contribution < 1.29 is 4.79 Å². The molecule has 0 aliphatic heterocycles. The quantitative estimate of drug-likeness (QED) is 0.514. The predicted molar refractivity (Wildman–Crippen MR) is 117 cm³/mol. The number of benzene rings is 1. The molecule has 0 radical (unpaired) electrons. The Balaban J connectivity index is 1.52. The average Bonchev–Trinajstić information content (AvgIpc) is 3.53. The highest BCUT2D eigenvalue weighted by Crippen LogP contribution is 2.33. The van der Waals surface area contributed by atoms with Crippen molar-refractivity contribution in [2.75, 3.05) is 17.7 Å². The molecule has 7 nitrogen and oxygen atoms in total. The van der Waals surface area contributed by atoms with E-state index in [2.05, 4.69) is 32.7 Å². The molecule has 1 aromatic carbocycles. The Morgan fingerprint density at radius 1 is 1.10 bits per heavy atom. The molecule has 0 spiro atoms. The molecule has 1 aliphatic rings. The van der Waals surface area contributed by atoms with Crippen LogP contribution < -0.4 is 10.6 Å². The molecule has 0 atom stereocenters. The molecule has 3 aromatic heterocycles. The minimum atomic E-state index is 0.0402. The maximum atomic E-state index is 12.2. The Labute approximate surface area is 174 Å². The van der Waals surface area contributed by atoms with Crippen LogP contribution in [0, 0.1) is 5.92 Å². The van der Waals surface area contributed by atoms with Crippen molar-refractivity contribution in [3.8, 4) is 11.3 Å². The van der Waals surface area contributed by atoms with Gasteiger partial charge in [-0.3, -0.25) is 9.48 Å². The SMILES string of the molecule is CNc1ncc(-c2ccn(Cc3ccccc3)n2)c2cc(NC(=O)C3CC3)ncc12. The lowest BCUT2D eigenvalue weighted by molar-refractivity contribution is -0.117. The van der Waals surface area contributed by atoms with Gasteiger partial charge in [0.15, 0.2) is 0 Å². The van der Waals surface area contributed by atoms with Crippen LogP contribution in [0.2, 0.25) is 0 Å². The summed E-state index contributed by atoms with van der Waals surface area (Å²) < 4.78 is 1.92. The van der Waals surface area contributed by atoms with Gasteiger partial charge in [-0.05, 0) is 30.5 Å². The minimum absolute atomic E-state index is 0.0402. The number of nitrogens with zero attached hydrogens (tertiary/aromatic N) is 4. The topological polar surface area (TPSA) is 84.7 Å². The Morgan fingerprint density at radius 3 is 2.70 bits per heavy atom. The van der Waals surface area contributed by atoms with Crippen molar-refractivity contribution in [2.24, 2.45) is 5.92 Å². The largest absolute Gasteiger partial charge is 0.373 e. The number of aromatic nitrogens is 4. The number of carbonyl (C=O) groups excluding carboxylic acids is 1. The molecular formula is C23H22N6O. The van der Waals surface area contributed by atoms with Gasteiger partial charge in [-0.2, -0.15) is 5.10 Å². The highest BCUT2D eigenvalue weighted by molar-refractivity contribution is 6.03. The van der Waals surface area contributed by atoms with Crippen molar-refractivity contribution >= 4 is 28.3 Å². The van der Waals surface area contributed by atoms with Gasteiger partial charge >= 0.3 is 0 Å². The fourth-order valence-corrected chi connectivity index (χ4v) is 3.54. The van der Waals surface area contributed by atoms with Crippen molar-refractivity contribution in [1.29, 1.82) is 0 Å². The van der Waals surface area contributed by atoms with Gasteiger partial charge in [0.05, 0.1) is 12.2 Å². The smallest absolute Gasteiger partial charge is 0.228 e. The fourth-order valence-electron chi connectivity index (χ4n) is 3.54. The van der Waals surface area contributed by atoms with Gasteiger partial charge in [0.1, 0.15) is 11.6 Å². The molecule has 0 saturated heterocycles. The van der Waals surface area contributed by atoms with Gasteiger partial charge in [0.2, 0.25) is 5.91 Å². The van der Waals surface area contributed by atoms with Crippen LogP contribution >= 0.6 is 0 Å². The molecule has 150 valence electrons. The first-order chi connectivity index (χ1) is 14.7. The van der Waals surface area contributed by atoms with E-state index in [1.165, 1.54) is 5.56 Å². The Bertz CT molecular complexity index is 1210. The molecule has 3 heterocycles. The van der Waals surface area contributed by atoms with Crippen LogP contribution in [-0.2, 0) is 11.3 Å². The molecule has 1 fully saturated rings. The van der Waals surface area contributed by atoms with E-state index in [4.69, 9.17) is 5.10 Å². The average molecular weight is 398 g/mol. The molecular weight excluding hydrogens is 376 g/mol. The Morgan fingerprint density at radius 2 is 1.93 bits per heavy atom. The molecule has 2 N–H and O–H groups in total. The van der Waals surface area contributed by atoms with Crippen LogP contribution in [0.5, 0.6) is 0 Å². The summed E-state index contributed by atoms with van der Waals surface area (Å²) in [5.41, 5.74) is 2.92. The number of anilines is 2. The van der Waals surface area contributed by atoms with E-state index < -0.39 is 0 Å². The number of pyridine rings is 2. The van der Waals surface area contributed by atoms with Gasteiger partial charge in [0.25, 0.3) is 0 Å². The lowest BCUT2D eigenvalue weighted by Crippen LogP contribution is -2.14. The second-order valence-corrected chi connectivity index (χ2v) is 7.53. The molecule has 1 aliphatic carbocycles. The van der Waals surface area contributed by atoms with Crippen molar-refractivity contribution in [2.45, 2.75) is 19.4 Å². The summed E-state index contributed by atoms with van der Waals surface area (Å²) >= 11 is 0. The van der Waals surface area contributed by atoms with Gasteiger partial charge in [-0.1, -0.05) is 30.3 Å². The maximum absolute atomic E-state index is 12.2. The summed E-state index contributed by atoms with van der Waals surface area (Å²) in [6.07, 6.45) is 7.45. The molecule has 0 bridgehead atoms. The summed E-state index contributed by atoms with van der Waals surface area (Å²) in [6, 6.07) is 14.1. The van der Waals surface area contributed by atoms with Crippen LogP contribution in [0.4, 0.5) is 11.6 Å². The second-order valence-electron chi connectivity index (χ2n) is 7.53. The van der Waals surface area contributed by atoms with Gasteiger partial charge in [-0.25, -0.2) is 9.97 Å². The van der Waals surface area contributed by atoms with Crippen LogP contribution in [-0.4, -0.2) is 32.7 Å². The van der Waals surface area contributed by atoms with Crippen molar-refractivity contribution in [3.05, 3.63) is 66.6 Å². The monoisotopic (exact) mass is 398 g/mol. The minimum Gasteiger partial charge on any atom is -0.373 e. The molecule has 1 amide bonds. The predicted octanol–water partition coefficient (Wildman–Crippen LogP) is 3.93. The third kappa shape index (κ3) is 3.61. The molecule has 5 rings (SSSR count). The van der Waals surface area contributed by atoms with Gasteiger partial charge < -0.3 is 10.6 Å². The molecule has 30 heavy (non-hydrogen) atoms. The number of nitrogens with one attached hydrogen (secondary N) is 2. The van der Waals surface area contributed by atoms with E-state index >= 15 is 0 Å². The highest BCUT2D eigenvalue weighted by Gasteiger charge is 2.29. The lowest BCUT2D eigenvalue weighted by atomic mass is 10.1. The Kier molecular flexibility index (Phi) is 4.63. The van der Waals surface area contributed by atoms with Crippen molar-refractivity contribution in [3.63, 3.8) is 0 Å². The maximum Gasteiger partial charge on any atom is 0.228 e. The fraction of sp³-hybridized carbons (Fsp3) is 0.217. The summed E-state index contributed by atoms with van der Waals surface area (Å²) in [5, 5.41) is 12.6. The number of hydrogen-bond donors (Lipinski definition) is 2.